The first-order valence-electron chi connectivity index (χ1n) is 11.2. The lowest BCUT2D eigenvalue weighted by atomic mass is 9.96. The molecule has 0 unspecified atom stereocenters. The van der Waals surface area contributed by atoms with Crippen molar-refractivity contribution in [3.63, 3.8) is 0 Å². The second kappa shape index (κ2) is 9.40. The summed E-state index contributed by atoms with van der Waals surface area (Å²) in [4.78, 5) is 20.1. The molecule has 1 saturated heterocycles. The summed E-state index contributed by atoms with van der Waals surface area (Å²) in [7, 11) is 0. The van der Waals surface area contributed by atoms with Gasteiger partial charge in [-0.2, -0.15) is 0 Å². The maximum atomic E-state index is 12.4. The number of piperazine rings is 1. The molecule has 5 rings (SSSR count). The zero-order valence-corrected chi connectivity index (χ0v) is 18.9. The number of hydrogen-bond donors (Lipinski definition) is 2. The molecule has 2 N–H and O–H groups in total. The number of benzene rings is 3. The minimum atomic E-state index is -0.832. The Balaban J connectivity index is 1.40. The Hall–Kier alpha value is -3.12. The molecule has 0 bridgehead atoms. The molecule has 3 aromatic carbocycles. The third-order valence-corrected chi connectivity index (χ3v) is 6.75. The van der Waals surface area contributed by atoms with Crippen LogP contribution in [0.2, 0.25) is 5.02 Å². The molecule has 168 valence electrons. The van der Waals surface area contributed by atoms with E-state index in [-0.39, 0.29) is 6.04 Å². The van der Waals surface area contributed by atoms with Crippen LogP contribution in [0, 0.1) is 0 Å². The van der Waals surface area contributed by atoms with Gasteiger partial charge in [-0.15, -0.1) is 0 Å². The molecule has 1 atom stereocenters. The second-order valence-corrected chi connectivity index (χ2v) is 8.91. The van der Waals surface area contributed by atoms with Gasteiger partial charge in [-0.05, 0) is 23.3 Å². The van der Waals surface area contributed by atoms with Gasteiger partial charge in [0.05, 0.1) is 6.04 Å². The van der Waals surface area contributed by atoms with Crippen molar-refractivity contribution in [2.75, 3.05) is 26.2 Å². The molecule has 6 heteroatoms. The van der Waals surface area contributed by atoms with Crippen LogP contribution in [0.15, 0.2) is 85.1 Å². The van der Waals surface area contributed by atoms with Gasteiger partial charge in [0.1, 0.15) is 6.04 Å². The largest absolute Gasteiger partial charge is 0.480 e. The maximum Gasteiger partial charge on any atom is 0.325 e. The minimum Gasteiger partial charge on any atom is -0.480 e. The Morgan fingerprint density at radius 1 is 0.848 bits per heavy atom. The van der Waals surface area contributed by atoms with Crippen LogP contribution in [0.1, 0.15) is 28.8 Å². The predicted octanol–water partition coefficient (Wildman–Crippen LogP) is 5.35. The fourth-order valence-electron chi connectivity index (χ4n) is 4.97. The van der Waals surface area contributed by atoms with Crippen LogP contribution in [0.4, 0.5) is 0 Å². The number of rotatable bonds is 6. The zero-order valence-electron chi connectivity index (χ0n) is 18.2. The Morgan fingerprint density at radius 2 is 1.42 bits per heavy atom. The number of H-pyrrole nitrogens is 1. The van der Waals surface area contributed by atoms with E-state index in [4.69, 9.17) is 11.6 Å². The number of halogens is 1. The highest BCUT2D eigenvalue weighted by molar-refractivity contribution is 6.31. The third-order valence-electron chi connectivity index (χ3n) is 6.51. The van der Waals surface area contributed by atoms with E-state index in [1.165, 1.54) is 11.1 Å². The molecule has 0 spiro atoms. The van der Waals surface area contributed by atoms with Crippen LogP contribution >= 0.6 is 11.6 Å². The highest BCUT2D eigenvalue weighted by atomic mass is 35.5. The first kappa shape index (κ1) is 21.7. The van der Waals surface area contributed by atoms with E-state index in [1.807, 2.05) is 36.5 Å². The lowest BCUT2D eigenvalue weighted by molar-refractivity contribution is -0.144. The van der Waals surface area contributed by atoms with E-state index < -0.39 is 12.0 Å². The molecule has 0 aliphatic carbocycles. The van der Waals surface area contributed by atoms with Crippen LogP contribution in [-0.2, 0) is 4.79 Å². The fraction of sp³-hybridized carbons (Fsp3) is 0.222. The molecule has 1 aliphatic rings. The number of aromatic amines is 1. The first-order chi connectivity index (χ1) is 16.1. The Labute approximate surface area is 198 Å². The zero-order chi connectivity index (χ0) is 22.8. The number of carbonyl (C=O) groups is 1. The Morgan fingerprint density at radius 3 is 2.00 bits per heavy atom. The summed E-state index contributed by atoms with van der Waals surface area (Å²) in [5, 5.41) is 11.7. The van der Waals surface area contributed by atoms with Gasteiger partial charge < -0.3 is 10.1 Å². The maximum absolute atomic E-state index is 12.4. The van der Waals surface area contributed by atoms with Gasteiger partial charge in [0.25, 0.3) is 0 Å². The van der Waals surface area contributed by atoms with E-state index in [0.717, 1.165) is 29.6 Å². The fourth-order valence-corrected chi connectivity index (χ4v) is 5.14. The van der Waals surface area contributed by atoms with Gasteiger partial charge in [-0.25, -0.2) is 0 Å². The lowest BCUT2D eigenvalue weighted by Gasteiger charge is -2.41. The van der Waals surface area contributed by atoms with Crippen molar-refractivity contribution in [2.45, 2.75) is 12.1 Å². The van der Waals surface area contributed by atoms with Crippen molar-refractivity contribution in [1.82, 2.24) is 14.8 Å². The molecular formula is C27H26ClN3O2. The van der Waals surface area contributed by atoms with Crippen molar-refractivity contribution in [1.29, 1.82) is 0 Å². The van der Waals surface area contributed by atoms with Crippen molar-refractivity contribution < 1.29 is 9.90 Å². The first-order valence-corrected chi connectivity index (χ1v) is 11.6. The van der Waals surface area contributed by atoms with E-state index in [9.17, 15) is 9.90 Å². The van der Waals surface area contributed by atoms with E-state index in [1.54, 1.807) is 0 Å². The highest BCUT2D eigenvalue weighted by Crippen LogP contribution is 2.34. The highest BCUT2D eigenvalue weighted by Gasteiger charge is 2.34. The standard InChI is InChI=1S/C27H26ClN3O2/c28-21-11-12-22-23(18-29-24(22)17-21)26(27(32)33)31-15-13-30(14-16-31)25(19-7-3-1-4-8-19)20-9-5-2-6-10-20/h1-12,17-18,25-26,29H,13-16H2,(H,32,33)/t26-/m1/s1. The summed E-state index contributed by atoms with van der Waals surface area (Å²) in [5.74, 6) is -0.832. The number of aliphatic carboxylic acids is 1. The number of carboxylic acid groups (broad SMARTS) is 1. The third kappa shape index (κ3) is 4.40. The average Bonchev–Trinajstić information content (AvgIpc) is 3.24. The number of carboxylic acids is 1. The molecule has 1 fully saturated rings. The molecule has 1 aliphatic heterocycles. The molecule has 2 heterocycles. The number of nitrogens with one attached hydrogen (secondary N) is 1. The number of nitrogens with zero attached hydrogens (tertiary/aromatic N) is 2. The molecule has 0 amide bonds. The smallest absolute Gasteiger partial charge is 0.325 e. The summed E-state index contributed by atoms with van der Waals surface area (Å²) in [6.45, 7) is 2.92. The van der Waals surface area contributed by atoms with Gasteiger partial charge in [0.15, 0.2) is 0 Å². The average molecular weight is 460 g/mol. The Kier molecular flexibility index (Phi) is 6.18. The SMILES string of the molecule is O=C(O)[C@@H](c1c[nH]c2cc(Cl)ccc12)N1CCN(C(c2ccccc2)c2ccccc2)CC1. The molecular weight excluding hydrogens is 434 g/mol. The molecule has 0 radical (unpaired) electrons. The number of hydrogen-bond acceptors (Lipinski definition) is 3. The topological polar surface area (TPSA) is 59.6 Å². The van der Waals surface area contributed by atoms with Gasteiger partial charge in [-0.1, -0.05) is 78.3 Å². The summed E-state index contributed by atoms with van der Waals surface area (Å²) >= 11 is 6.11. The second-order valence-electron chi connectivity index (χ2n) is 8.47. The van der Waals surface area contributed by atoms with Crippen molar-refractivity contribution >= 4 is 28.5 Å². The lowest BCUT2D eigenvalue weighted by Crippen LogP contribution is -2.50. The molecule has 0 saturated carbocycles. The monoisotopic (exact) mass is 459 g/mol. The summed E-state index contributed by atoms with van der Waals surface area (Å²) < 4.78 is 0. The van der Waals surface area contributed by atoms with Crippen molar-refractivity contribution in [3.8, 4) is 0 Å². The predicted molar refractivity (Wildman–Crippen MR) is 132 cm³/mol. The minimum absolute atomic E-state index is 0.146. The summed E-state index contributed by atoms with van der Waals surface area (Å²) in [6, 6.07) is 26.0. The van der Waals surface area contributed by atoms with E-state index in [0.29, 0.717) is 18.1 Å². The summed E-state index contributed by atoms with van der Waals surface area (Å²) in [5.41, 5.74) is 4.14. The molecule has 4 aromatic rings. The van der Waals surface area contributed by atoms with Crippen LogP contribution in [0.25, 0.3) is 10.9 Å². The van der Waals surface area contributed by atoms with Crippen LogP contribution in [0.5, 0.6) is 0 Å². The molecule has 33 heavy (non-hydrogen) atoms. The van der Waals surface area contributed by atoms with Gasteiger partial charge >= 0.3 is 5.97 Å². The van der Waals surface area contributed by atoms with Gasteiger partial charge in [0.2, 0.25) is 0 Å². The number of fused-ring (bicyclic) bond motifs is 1. The molecule has 5 nitrogen and oxygen atoms in total. The van der Waals surface area contributed by atoms with E-state index >= 15 is 0 Å². The van der Waals surface area contributed by atoms with Crippen LogP contribution in [0.3, 0.4) is 0 Å². The van der Waals surface area contributed by atoms with Crippen LogP contribution in [-0.4, -0.2) is 52.0 Å². The Bertz CT molecular complexity index is 1190. The quantitative estimate of drug-likeness (QED) is 0.408. The van der Waals surface area contributed by atoms with Gasteiger partial charge in [0, 0.05) is 53.9 Å². The summed E-state index contributed by atoms with van der Waals surface area (Å²) in [6.07, 6.45) is 1.81. The van der Waals surface area contributed by atoms with Crippen LogP contribution < -0.4 is 0 Å². The van der Waals surface area contributed by atoms with Gasteiger partial charge in [-0.3, -0.25) is 14.6 Å². The van der Waals surface area contributed by atoms with Crippen molar-refractivity contribution in [2.24, 2.45) is 0 Å². The van der Waals surface area contributed by atoms with E-state index in [2.05, 4.69) is 63.3 Å². The molecule has 1 aromatic heterocycles. The van der Waals surface area contributed by atoms with Crippen molar-refractivity contribution in [3.05, 3.63) is 107 Å². The number of aromatic nitrogens is 1. The normalized spacial score (nSPS) is 16.3.